The fraction of sp³-hybridized carbons (Fsp3) is 0.250. The monoisotopic (exact) mass is 435 g/mol. The molecule has 1 saturated heterocycles. The average molecular weight is 436 g/mol. The largest absolute Gasteiger partial charge is 0.486 e. The summed E-state index contributed by atoms with van der Waals surface area (Å²) in [6.45, 7) is 1.56. The second kappa shape index (κ2) is 8.47. The number of likely N-dealkylation sites (tertiary alicyclic amines) is 1. The summed E-state index contributed by atoms with van der Waals surface area (Å²) in [4.78, 5) is 23.0. The molecule has 3 heterocycles. The van der Waals surface area contributed by atoms with Gasteiger partial charge in [-0.05, 0) is 55.3 Å². The van der Waals surface area contributed by atoms with E-state index in [1.807, 2.05) is 41.3 Å². The van der Waals surface area contributed by atoms with Gasteiger partial charge in [0, 0.05) is 24.0 Å². The number of hydrogen-bond acceptors (Lipinski definition) is 4. The van der Waals surface area contributed by atoms with E-state index in [1.54, 1.807) is 24.3 Å². The zero-order chi connectivity index (χ0) is 21.2. The standard InChI is InChI=1S/C24H22ClN3O3/c25-17-6-3-7-18(13-17)30-15-19-10-11-22(31-19)24(29)28-12-4-5-16(14-28)23-26-20-8-1-2-9-21(20)27-23/h1-3,6-11,13,16H,4-5,12,14-15H2,(H,26,27). The molecule has 4 aromatic rings. The van der Waals surface area contributed by atoms with Gasteiger partial charge in [0.15, 0.2) is 5.76 Å². The van der Waals surface area contributed by atoms with Gasteiger partial charge in [-0.1, -0.05) is 29.8 Å². The van der Waals surface area contributed by atoms with Gasteiger partial charge in [0.25, 0.3) is 5.91 Å². The van der Waals surface area contributed by atoms with Gasteiger partial charge in [-0.15, -0.1) is 0 Å². The Morgan fingerprint density at radius 1 is 1.19 bits per heavy atom. The summed E-state index contributed by atoms with van der Waals surface area (Å²) in [5, 5.41) is 0.608. The molecule has 2 aromatic carbocycles. The van der Waals surface area contributed by atoms with Crippen molar-refractivity contribution in [3.05, 3.63) is 83.0 Å². The smallest absolute Gasteiger partial charge is 0.289 e. The number of fused-ring (bicyclic) bond motifs is 1. The van der Waals surface area contributed by atoms with Crippen LogP contribution in [0.3, 0.4) is 0 Å². The Labute approximate surface area is 184 Å². The van der Waals surface area contributed by atoms with E-state index in [0.717, 1.165) is 29.7 Å². The third kappa shape index (κ3) is 4.30. The number of amides is 1. The number of halogens is 1. The normalized spacial score (nSPS) is 16.5. The van der Waals surface area contributed by atoms with E-state index in [9.17, 15) is 4.79 Å². The number of furan rings is 1. The average Bonchev–Trinajstić information content (AvgIpc) is 3.44. The number of carbonyl (C=O) groups excluding carboxylic acids is 1. The van der Waals surface area contributed by atoms with Crippen LogP contribution < -0.4 is 4.74 Å². The number of rotatable bonds is 5. The first-order chi connectivity index (χ1) is 15.2. The van der Waals surface area contributed by atoms with Crippen LogP contribution in [0, 0.1) is 0 Å². The number of piperidine rings is 1. The number of para-hydroxylation sites is 2. The molecule has 31 heavy (non-hydrogen) atoms. The van der Waals surface area contributed by atoms with Crippen molar-refractivity contribution in [2.24, 2.45) is 0 Å². The lowest BCUT2D eigenvalue weighted by atomic mass is 9.97. The second-order valence-corrected chi connectivity index (χ2v) is 8.18. The molecule has 1 unspecified atom stereocenters. The minimum absolute atomic E-state index is 0.102. The second-order valence-electron chi connectivity index (χ2n) is 7.74. The third-order valence-corrected chi connectivity index (χ3v) is 5.79. The summed E-state index contributed by atoms with van der Waals surface area (Å²) < 4.78 is 11.5. The molecule has 7 heteroatoms. The molecule has 0 radical (unpaired) electrons. The lowest BCUT2D eigenvalue weighted by Gasteiger charge is -2.31. The predicted molar refractivity (Wildman–Crippen MR) is 118 cm³/mol. The Hall–Kier alpha value is -3.25. The van der Waals surface area contributed by atoms with Crippen LogP contribution in [0.2, 0.25) is 5.02 Å². The molecule has 1 aliphatic rings. The zero-order valence-corrected chi connectivity index (χ0v) is 17.6. The van der Waals surface area contributed by atoms with Gasteiger partial charge in [0.1, 0.15) is 23.9 Å². The van der Waals surface area contributed by atoms with E-state index in [2.05, 4.69) is 4.98 Å². The molecular weight excluding hydrogens is 414 g/mol. The van der Waals surface area contributed by atoms with Crippen LogP contribution in [0.15, 0.2) is 65.1 Å². The van der Waals surface area contributed by atoms with Crippen molar-refractivity contribution in [1.82, 2.24) is 14.9 Å². The van der Waals surface area contributed by atoms with Gasteiger partial charge in [0.05, 0.1) is 11.0 Å². The molecule has 0 bridgehead atoms. The van der Waals surface area contributed by atoms with Crippen molar-refractivity contribution in [3.8, 4) is 5.75 Å². The fourth-order valence-electron chi connectivity index (χ4n) is 3.99. The highest BCUT2D eigenvalue weighted by Gasteiger charge is 2.28. The molecule has 0 saturated carbocycles. The topological polar surface area (TPSA) is 71.4 Å². The maximum Gasteiger partial charge on any atom is 0.289 e. The zero-order valence-electron chi connectivity index (χ0n) is 16.9. The fourth-order valence-corrected chi connectivity index (χ4v) is 4.17. The number of ether oxygens (including phenoxy) is 1. The lowest BCUT2D eigenvalue weighted by molar-refractivity contribution is 0.0668. The maximum absolute atomic E-state index is 13.0. The van der Waals surface area contributed by atoms with Gasteiger partial charge in [-0.25, -0.2) is 4.98 Å². The SMILES string of the molecule is O=C(c1ccc(COc2cccc(Cl)c2)o1)N1CCCC(c2nc3ccccc3[nH]2)C1. The number of benzene rings is 2. The minimum Gasteiger partial charge on any atom is -0.486 e. The van der Waals surface area contributed by atoms with Crippen molar-refractivity contribution in [2.75, 3.05) is 13.1 Å². The predicted octanol–water partition coefficient (Wildman–Crippen LogP) is 5.41. The number of nitrogens with one attached hydrogen (secondary N) is 1. The number of aromatic nitrogens is 2. The molecule has 158 valence electrons. The Balaban J connectivity index is 1.24. The number of H-pyrrole nitrogens is 1. The van der Waals surface area contributed by atoms with Gasteiger partial charge >= 0.3 is 0 Å². The molecule has 1 amide bonds. The van der Waals surface area contributed by atoms with E-state index < -0.39 is 0 Å². The highest BCUT2D eigenvalue weighted by Crippen LogP contribution is 2.28. The number of carbonyl (C=O) groups is 1. The van der Waals surface area contributed by atoms with Crippen LogP contribution in [0.1, 0.15) is 40.9 Å². The van der Waals surface area contributed by atoms with E-state index in [1.165, 1.54) is 0 Å². The van der Waals surface area contributed by atoms with Crippen LogP contribution in [-0.4, -0.2) is 33.9 Å². The van der Waals surface area contributed by atoms with Crippen LogP contribution in [0.25, 0.3) is 11.0 Å². The van der Waals surface area contributed by atoms with Crippen LogP contribution >= 0.6 is 11.6 Å². The summed E-state index contributed by atoms with van der Waals surface area (Å²) >= 11 is 5.98. The highest BCUT2D eigenvalue weighted by molar-refractivity contribution is 6.30. The summed E-state index contributed by atoms with van der Waals surface area (Å²) in [6.07, 6.45) is 1.93. The Morgan fingerprint density at radius 2 is 2.10 bits per heavy atom. The summed E-state index contributed by atoms with van der Waals surface area (Å²) in [5.74, 6) is 2.60. The molecule has 1 N–H and O–H groups in total. The third-order valence-electron chi connectivity index (χ3n) is 5.55. The number of hydrogen-bond donors (Lipinski definition) is 1. The van der Waals surface area contributed by atoms with Gasteiger partial charge in [-0.3, -0.25) is 4.79 Å². The van der Waals surface area contributed by atoms with Crippen LogP contribution in [-0.2, 0) is 6.61 Å². The van der Waals surface area contributed by atoms with E-state index in [4.69, 9.17) is 25.7 Å². The summed E-state index contributed by atoms with van der Waals surface area (Å²) in [6, 6.07) is 18.7. The Kier molecular flexibility index (Phi) is 5.38. The molecular formula is C24H22ClN3O3. The minimum atomic E-state index is -0.102. The Bertz CT molecular complexity index is 1180. The van der Waals surface area contributed by atoms with E-state index in [0.29, 0.717) is 35.4 Å². The lowest BCUT2D eigenvalue weighted by Crippen LogP contribution is -2.39. The van der Waals surface area contributed by atoms with E-state index in [-0.39, 0.29) is 18.4 Å². The summed E-state index contributed by atoms with van der Waals surface area (Å²) in [7, 11) is 0. The number of imidazole rings is 1. The van der Waals surface area contributed by atoms with Gasteiger partial charge < -0.3 is 19.0 Å². The van der Waals surface area contributed by atoms with Crippen molar-refractivity contribution in [3.63, 3.8) is 0 Å². The Morgan fingerprint density at radius 3 is 2.97 bits per heavy atom. The molecule has 5 rings (SSSR count). The maximum atomic E-state index is 13.0. The quantitative estimate of drug-likeness (QED) is 0.455. The van der Waals surface area contributed by atoms with Crippen molar-refractivity contribution < 1.29 is 13.9 Å². The molecule has 0 spiro atoms. The number of aromatic amines is 1. The first kappa shape index (κ1) is 19.7. The molecule has 6 nitrogen and oxygen atoms in total. The van der Waals surface area contributed by atoms with Crippen LogP contribution in [0.4, 0.5) is 0 Å². The van der Waals surface area contributed by atoms with Crippen molar-refractivity contribution in [1.29, 1.82) is 0 Å². The molecule has 1 aliphatic heterocycles. The molecule has 1 atom stereocenters. The molecule has 1 fully saturated rings. The van der Waals surface area contributed by atoms with Crippen molar-refractivity contribution in [2.45, 2.75) is 25.4 Å². The van der Waals surface area contributed by atoms with E-state index >= 15 is 0 Å². The summed E-state index contributed by atoms with van der Waals surface area (Å²) in [5.41, 5.74) is 1.98. The van der Waals surface area contributed by atoms with Crippen LogP contribution in [0.5, 0.6) is 5.75 Å². The molecule has 2 aromatic heterocycles. The highest BCUT2D eigenvalue weighted by atomic mass is 35.5. The first-order valence-corrected chi connectivity index (χ1v) is 10.7. The molecule has 0 aliphatic carbocycles. The van der Waals surface area contributed by atoms with Gasteiger partial charge in [-0.2, -0.15) is 0 Å². The van der Waals surface area contributed by atoms with Crippen molar-refractivity contribution >= 4 is 28.5 Å². The number of nitrogens with zero attached hydrogens (tertiary/aromatic N) is 2. The van der Waals surface area contributed by atoms with Gasteiger partial charge in [0.2, 0.25) is 0 Å². The first-order valence-electron chi connectivity index (χ1n) is 10.4.